The van der Waals surface area contributed by atoms with Gasteiger partial charge in [-0.15, -0.1) is 0 Å². The molecular weight excluding hydrogens is 334 g/mol. The molecule has 0 aliphatic carbocycles. The predicted octanol–water partition coefficient (Wildman–Crippen LogP) is 3.32. The summed E-state index contributed by atoms with van der Waals surface area (Å²) in [6.45, 7) is 4.74. The van der Waals surface area contributed by atoms with E-state index in [4.69, 9.17) is 4.42 Å². The van der Waals surface area contributed by atoms with Crippen molar-refractivity contribution in [1.29, 1.82) is 0 Å². The minimum Gasteiger partial charge on any atom is -0.449 e. The Morgan fingerprint density at radius 1 is 1.48 bits per heavy atom. The van der Waals surface area contributed by atoms with Crippen molar-refractivity contribution in [3.8, 4) is 0 Å². The third-order valence-electron chi connectivity index (χ3n) is 3.56. The standard InChI is InChI=1S/C15H16BrN3O2/c1-3-8(2)17-7-12-18-13-10-6-9(16)4-5-11(10)21-14(13)15(20)19-12/h4-6,8,17H,3,7H2,1-2H3,(H,18,19,20)/t8-/m1/s1. The molecule has 0 saturated carbocycles. The van der Waals surface area contributed by atoms with Gasteiger partial charge in [-0.3, -0.25) is 4.79 Å². The first-order valence-corrected chi connectivity index (χ1v) is 7.72. The van der Waals surface area contributed by atoms with E-state index < -0.39 is 0 Å². The Kier molecular flexibility index (Phi) is 3.82. The Morgan fingerprint density at radius 3 is 3.05 bits per heavy atom. The van der Waals surface area contributed by atoms with Crippen LogP contribution in [0.15, 0.2) is 31.9 Å². The van der Waals surface area contributed by atoms with E-state index in [1.54, 1.807) is 0 Å². The van der Waals surface area contributed by atoms with Gasteiger partial charge in [-0.2, -0.15) is 0 Å². The lowest BCUT2D eigenvalue weighted by Gasteiger charge is -2.10. The van der Waals surface area contributed by atoms with Crippen molar-refractivity contribution in [2.45, 2.75) is 32.9 Å². The summed E-state index contributed by atoms with van der Waals surface area (Å²) in [5.74, 6) is 0.621. The molecule has 0 saturated heterocycles. The van der Waals surface area contributed by atoms with E-state index in [1.165, 1.54) is 0 Å². The maximum atomic E-state index is 12.1. The lowest BCUT2D eigenvalue weighted by atomic mass is 10.2. The zero-order chi connectivity index (χ0) is 15.0. The number of nitrogens with zero attached hydrogens (tertiary/aromatic N) is 1. The quantitative estimate of drug-likeness (QED) is 0.757. The minimum absolute atomic E-state index is 0.242. The average Bonchev–Trinajstić information content (AvgIpc) is 2.83. The highest BCUT2D eigenvalue weighted by Gasteiger charge is 2.13. The first-order chi connectivity index (χ1) is 10.1. The Labute approximate surface area is 129 Å². The van der Waals surface area contributed by atoms with Gasteiger partial charge in [-0.05, 0) is 31.5 Å². The van der Waals surface area contributed by atoms with Crippen molar-refractivity contribution in [3.05, 3.63) is 38.9 Å². The van der Waals surface area contributed by atoms with Crippen LogP contribution in [0.5, 0.6) is 0 Å². The topological polar surface area (TPSA) is 70.9 Å². The second kappa shape index (κ2) is 5.61. The minimum atomic E-state index is -0.242. The molecule has 0 aliphatic heterocycles. The van der Waals surface area contributed by atoms with Crippen LogP contribution in [-0.2, 0) is 6.54 Å². The smallest absolute Gasteiger partial charge is 0.294 e. The van der Waals surface area contributed by atoms with E-state index in [1.807, 2.05) is 18.2 Å². The molecule has 2 N–H and O–H groups in total. The number of H-pyrrole nitrogens is 1. The van der Waals surface area contributed by atoms with Crippen LogP contribution in [-0.4, -0.2) is 16.0 Å². The van der Waals surface area contributed by atoms with E-state index in [2.05, 4.69) is 45.1 Å². The summed E-state index contributed by atoms with van der Waals surface area (Å²) in [5.41, 5.74) is 1.30. The number of aromatic nitrogens is 2. The first kappa shape index (κ1) is 14.3. The van der Waals surface area contributed by atoms with Crippen LogP contribution in [0.3, 0.4) is 0 Å². The SMILES string of the molecule is CC[C@@H](C)NCc1nc2c(oc3ccc(Br)cc32)c(=O)[nH]1. The molecule has 21 heavy (non-hydrogen) atoms. The van der Waals surface area contributed by atoms with Gasteiger partial charge in [0.1, 0.15) is 16.9 Å². The Hall–Kier alpha value is -1.66. The predicted molar refractivity (Wildman–Crippen MR) is 86.4 cm³/mol. The summed E-state index contributed by atoms with van der Waals surface area (Å²) < 4.78 is 6.52. The van der Waals surface area contributed by atoms with Crippen molar-refractivity contribution in [1.82, 2.24) is 15.3 Å². The molecule has 0 spiro atoms. The Balaban J connectivity index is 2.10. The van der Waals surface area contributed by atoms with Crippen molar-refractivity contribution >= 4 is 38.0 Å². The Morgan fingerprint density at radius 2 is 2.29 bits per heavy atom. The highest BCUT2D eigenvalue weighted by atomic mass is 79.9. The number of aromatic amines is 1. The highest BCUT2D eigenvalue weighted by molar-refractivity contribution is 9.10. The van der Waals surface area contributed by atoms with Crippen molar-refractivity contribution in [3.63, 3.8) is 0 Å². The third kappa shape index (κ3) is 2.73. The summed E-state index contributed by atoms with van der Waals surface area (Å²) in [5, 5.41) is 4.16. The molecule has 2 aromatic heterocycles. The van der Waals surface area contributed by atoms with Crippen LogP contribution < -0.4 is 10.9 Å². The van der Waals surface area contributed by atoms with Gasteiger partial charge < -0.3 is 14.7 Å². The van der Waals surface area contributed by atoms with Crippen LogP contribution >= 0.6 is 15.9 Å². The number of halogens is 1. The molecule has 5 nitrogen and oxygen atoms in total. The lowest BCUT2D eigenvalue weighted by molar-refractivity contribution is 0.522. The number of nitrogens with one attached hydrogen (secondary N) is 2. The van der Waals surface area contributed by atoms with Crippen LogP contribution in [0.4, 0.5) is 0 Å². The molecule has 1 aromatic carbocycles. The molecule has 110 valence electrons. The fraction of sp³-hybridized carbons (Fsp3) is 0.333. The van der Waals surface area contributed by atoms with Gasteiger partial charge in [-0.1, -0.05) is 22.9 Å². The van der Waals surface area contributed by atoms with Gasteiger partial charge in [0.2, 0.25) is 5.58 Å². The molecular formula is C15H16BrN3O2. The second-order valence-electron chi connectivity index (χ2n) is 5.12. The van der Waals surface area contributed by atoms with Crippen LogP contribution in [0.1, 0.15) is 26.1 Å². The molecule has 0 aliphatic rings. The maximum absolute atomic E-state index is 12.1. The molecule has 3 aromatic rings. The van der Waals surface area contributed by atoms with Gasteiger partial charge >= 0.3 is 0 Å². The molecule has 0 radical (unpaired) electrons. The summed E-state index contributed by atoms with van der Waals surface area (Å²) in [4.78, 5) is 19.4. The molecule has 6 heteroatoms. The van der Waals surface area contributed by atoms with E-state index in [9.17, 15) is 4.79 Å². The zero-order valence-electron chi connectivity index (χ0n) is 11.9. The zero-order valence-corrected chi connectivity index (χ0v) is 13.5. The summed E-state index contributed by atoms with van der Waals surface area (Å²) in [7, 11) is 0. The highest BCUT2D eigenvalue weighted by Crippen LogP contribution is 2.27. The number of fused-ring (bicyclic) bond motifs is 3. The van der Waals surface area contributed by atoms with Gasteiger partial charge in [0.15, 0.2) is 0 Å². The average molecular weight is 350 g/mol. The van der Waals surface area contributed by atoms with Crippen molar-refractivity contribution in [2.75, 3.05) is 0 Å². The normalized spacial score (nSPS) is 13.1. The van der Waals surface area contributed by atoms with Crippen molar-refractivity contribution in [2.24, 2.45) is 0 Å². The molecule has 0 amide bonds. The van der Waals surface area contributed by atoms with E-state index in [0.29, 0.717) is 29.5 Å². The van der Waals surface area contributed by atoms with E-state index >= 15 is 0 Å². The fourth-order valence-electron chi connectivity index (χ4n) is 2.17. The van der Waals surface area contributed by atoms with Crippen LogP contribution in [0.25, 0.3) is 22.1 Å². The Bertz CT molecular complexity index is 853. The number of hydrogen-bond acceptors (Lipinski definition) is 4. The number of furan rings is 1. The number of benzene rings is 1. The molecule has 1 atom stereocenters. The van der Waals surface area contributed by atoms with E-state index in [-0.39, 0.29) is 11.1 Å². The van der Waals surface area contributed by atoms with Gasteiger partial charge in [0.25, 0.3) is 5.56 Å². The molecule has 0 bridgehead atoms. The summed E-state index contributed by atoms with van der Waals surface area (Å²) in [6, 6.07) is 6.00. The number of hydrogen-bond donors (Lipinski definition) is 2. The second-order valence-corrected chi connectivity index (χ2v) is 6.04. The largest absolute Gasteiger partial charge is 0.449 e. The molecule has 0 unspecified atom stereocenters. The monoisotopic (exact) mass is 349 g/mol. The molecule has 0 fully saturated rings. The summed E-state index contributed by atoms with van der Waals surface area (Å²) >= 11 is 3.43. The van der Waals surface area contributed by atoms with Gasteiger partial charge in [-0.25, -0.2) is 4.98 Å². The summed E-state index contributed by atoms with van der Waals surface area (Å²) in [6.07, 6.45) is 1.02. The first-order valence-electron chi connectivity index (χ1n) is 6.93. The lowest BCUT2D eigenvalue weighted by Crippen LogP contribution is -2.26. The van der Waals surface area contributed by atoms with Crippen molar-refractivity contribution < 1.29 is 4.42 Å². The van der Waals surface area contributed by atoms with Gasteiger partial charge in [0, 0.05) is 15.9 Å². The van der Waals surface area contributed by atoms with E-state index in [0.717, 1.165) is 16.3 Å². The maximum Gasteiger partial charge on any atom is 0.294 e. The van der Waals surface area contributed by atoms with Gasteiger partial charge in [0.05, 0.1) is 6.54 Å². The molecule has 3 rings (SSSR count). The third-order valence-corrected chi connectivity index (χ3v) is 4.06. The fourth-order valence-corrected chi connectivity index (χ4v) is 2.53. The van der Waals surface area contributed by atoms with Crippen LogP contribution in [0, 0.1) is 0 Å². The number of rotatable bonds is 4. The van der Waals surface area contributed by atoms with Crippen LogP contribution in [0.2, 0.25) is 0 Å². The molecule has 2 heterocycles.